The molecule has 0 unspecified atom stereocenters. The van der Waals surface area contributed by atoms with Crippen LogP contribution in [0.1, 0.15) is 30.4 Å². The minimum atomic E-state index is -0.355. The summed E-state index contributed by atoms with van der Waals surface area (Å²) in [6, 6.07) is 5.10. The van der Waals surface area contributed by atoms with Gasteiger partial charge < -0.3 is 5.73 Å². The summed E-state index contributed by atoms with van der Waals surface area (Å²) in [7, 11) is 0. The summed E-state index contributed by atoms with van der Waals surface area (Å²) >= 11 is 0. The Kier molecular flexibility index (Phi) is 6.58. The van der Waals surface area contributed by atoms with Gasteiger partial charge in [-0.3, -0.25) is 19.8 Å². The summed E-state index contributed by atoms with van der Waals surface area (Å²) in [5, 5.41) is 10.8. The van der Waals surface area contributed by atoms with Crippen LogP contribution in [-0.2, 0) is 17.8 Å². The van der Waals surface area contributed by atoms with E-state index in [1.54, 1.807) is 12.1 Å². The third kappa shape index (κ3) is 4.99. The number of non-ortho nitro benzene ring substituents is 1. The Labute approximate surface area is 129 Å². The number of rotatable bonds is 6. The number of primary amides is 1. The first-order chi connectivity index (χ1) is 9.56. The largest absolute Gasteiger partial charge is 0.370 e. The molecule has 0 fully saturated rings. The van der Waals surface area contributed by atoms with E-state index in [9.17, 15) is 14.9 Å². The Morgan fingerprint density at radius 1 is 1.33 bits per heavy atom. The fourth-order valence-corrected chi connectivity index (χ4v) is 2.54. The molecule has 1 amide bonds. The molecule has 0 aliphatic carbocycles. The maximum atomic E-state index is 10.8. The molecule has 1 aromatic carbocycles. The van der Waals surface area contributed by atoms with Crippen molar-refractivity contribution in [1.82, 2.24) is 4.90 Å². The molecule has 116 valence electrons. The molecule has 1 aromatic rings. The highest BCUT2D eigenvalue weighted by Gasteiger charge is 2.18. The van der Waals surface area contributed by atoms with Crippen LogP contribution in [0.4, 0.5) is 5.69 Å². The number of nitrogens with two attached hydrogens (primary N) is 1. The van der Waals surface area contributed by atoms with Crippen LogP contribution >= 0.6 is 12.4 Å². The van der Waals surface area contributed by atoms with E-state index in [4.69, 9.17) is 5.73 Å². The molecular weight excluding hydrogens is 294 g/mol. The Bertz CT molecular complexity index is 522. The van der Waals surface area contributed by atoms with Gasteiger partial charge in [0.05, 0.1) is 4.92 Å². The third-order valence-corrected chi connectivity index (χ3v) is 3.64. The minimum Gasteiger partial charge on any atom is -0.370 e. The van der Waals surface area contributed by atoms with Gasteiger partial charge in [0.1, 0.15) is 0 Å². The van der Waals surface area contributed by atoms with E-state index >= 15 is 0 Å². The maximum Gasteiger partial charge on any atom is 0.269 e. The summed E-state index contributed by atoms with van der Waals surface area (Å²) in [6.07, 6.45) is 3.07. The van der Waals surface area contributed by atoms with Crippen LogP contribution in [0.3, 0.4) is 0 Å². The Morgan fingerprint density at radius 2 is 2.10 bits per heavy atom. The molecule has 0 radical (unpaired) electrons. The maximum absolute atomic E-state index is 10.8. The lowest BCUT2D eigenvalue weighted by atomic mass is 9.99. The van der Waals surface area contributed by atoms with Crippen molar-refractivity contribution in [3.05, 3.63) is 39.4 Å². The molecule has 0 atom stereocenters. The van der Waals surface area contributed by atoms with Crippen molar-refractivity contribution in [3.8, 4) is 0 Å². The van der Waals surface area contributed by atoms with Gasteiger partial charge in [0.15, 0.2) is 0 Å². The molecule has 7 heteroatoms. The Hall–Kier alpha value is -1.66. The zero-order valence-corrected chi connectivity index (χ0v) is 12.6. The fraction of sp³-hybridized carbons (Fsp3) is 0.500. The lowest BCUT2D eigenvalue weighted by molar-refractivity contribution is -0.385. The number of carbonyl (C=O) groups is 1. The molecule has 6 nitrogen and oxygen atoms in total. The standard InChI is InChI=1S/C14H19N3O3.ClH/c15-14(18)3-1-2-7-16-8-6-11-4-5-13(17(19)20)9-12(11)10-16;/h4-5,9H,1-3,6-8,10H2,(H2,15,18);1H. The van der Waals surface area contributed by atoms with Gasteiger partial charge in [-0.2, -0.15) is 0 Å². The van der Waals surface area contributed by atoms with Gasteiger partial charge in [0.25, 0.3) is 5.69 Å². The van der Waals surface area contributed by atoms with Crippen molar-refractivity contribution in [3.63, 3.8) is 0 Å². The number of nitro benzene ring substituents is 1. The monoisotopic (exact) mass is 313 g/mol. The molecule has 2 N–H and O–H groups in total. The van der Waals surface area contributed by atoms with Crippen molar-refractivity contribution in [2.75, 3.05) is 13.1 Å². The van der Waals surface area contributed by atoms with E-state index in [0.29, 0.717) is 6.42 Å². The molecule has 0 saturated heterocycles. The van der Waals surface area contributed by atoms with Crippen molar-refractivity contribution < 1.29 is 9.72 Å². The van der Waals surface area contributed by atoms with Crippen molar-refractivity contribution in [2.24, 2.45) is 5.73 Å². The molecule has 0 bridgehead atoms. The van der Waals surface area contributed by atoms with E-state index in [0.717, 1.165) is 44.5 Å². The zero-order valence-electron chi connectivity index (χ0n) is 11.8. The summed E-state index contributed by atoms with van der Waals surface area (Å²) in [5.74, 6) is -0.260. The quantitative estimate of drug-likeness (QED) is 0.494. The molecule has 0 aromatic heterocycles. The SMILES string of the molecule is Cl.NC(=O)CCCCN1CCc2ccc([N+](=O)[O-])cc2C1. The normalized spacial score (nSPS) is 14.1. The summed E-state index contributed by atoms with van der Waals surface area (Å²) in [4.78, 5) is 23.4. The number of benzene rings is 1. The van der Waals surface area contributed by atoms with E-state index < -0.39 is 0 Å². The van der Waals surface area contributed by atoms with Gasteiger partial charge in [-0.1, -0.05) is 6.07 Å². The van der Waals surface area contributed by atoms with Crippen LogP contribution < -0.4 is 5.73 Å². The lowest BCUT2D eigenvalue weighted by Crippen LogP contribution is -2.31. The van der Waals surface area contributed by atoms with Gasteiger partial charge in [0, 0.05) is 31.6 Å². The number of amides is 1. The molecule has 1 heterocycles. The number of carbonyl (C=O) groups excluding carboxylic acids is 1. The average molecular weight is 314 g/mol. The predicted molar refractivity (Wildman–Crippen MR) is 82.4 cm³/mol. The number of halogens is 1. The van der Waals surface area contributed by atoms with Crippen LogP contribution in [0.5, 0.6) is 0 Å². The van der Waals surface area contributed by atoms with Crippen molar-refractivity contribution in [1.29, 1.82) is 0 Å². The summed E-state index contributed by atoms with van der Waals surface area (Å²) in [5.41, 5.74) is 7.50. The number of hydrogen-bond donors (Lipinski definition) is 1. The van der Waals surface area contributed by atoms with Crippen LogP contribution in [-0.4, -0.2) is 28.8 Å². The van der Waals surface area contributed by atoms with Gasteiger partial charge in [-0.25, -0.2) is 0 Å². The minimum absolute atomic E-state index is 0. The second kappa shape index (κ2) is 7.95. The predicted octanol–water partition coefficient (Wildman–Crippen LogP) is 2.03. The highest BCUT2D eigenvalue weighted by atomic mass is 35.5. The number of hydrogen-bond acceptors (Lipinski definition) is 4. The number of unbranched alkanes of at least 4 members (excludes halogenated alkanes) is 1. The van der Waals surface area contributed by atoms with E-state index in [1.165, 1.54) is 5.56 Å². The molecule has 0 spiro atoms. The van der Waals surface area contributed by atoms with E-state index in [-0.39, 0.29) is 28.9 Å². The number of nitro groups is 1. The van der Waals surface area contributed by atoms with Gasteiger partial charge >= 0.3 is 0 Å². The van der Waals surface area contributed by atoms with Crippen LogP contribution in [0.25, 0.3) is 0 Å². The van der Waals surface area contributed by atoms with Gasteiger partial charge in [0.2, 0.25) is 5.91 Å². The van der Waals surface area contributed by atoms with Crippen molar-refractivity contribution >= 4 is 24.0 Å². The van der Waals surface area contributed by atoms with Crippen LogP contribution in [0, 0.1) is 10.1 Å². The van der Waals surface area contributed by atoms with E-state index in [2.05, 4.69) is 4.90 Å². The third-order valence-electron chi connectivity index (χ3n) is 3.64. The highest BCUT2D eigenvalue weighted by Crippen LogP contribution is 2.23. The lowest BCUT2D eigenvalue weighted by Gasteiger charge is -2.28. The molecule has 1 aliphatic rings. The van der Waals surface area contributed by atoms with Gasteiger partial charge in [-0.15, -0.1) is 12.4 Å². The first-order valence-electron chi connectivity index (χ1n) is 6.83. The summed E-state index contributed by atoms with van der Waals surface area (Å²) < 4.78 is 0. The zero-order chi connectivity index (χ0) is 14.5. The van der Waals surface area contributed by atoms with Crippen LogP contribution in [0.2, 0.25) is 0 Å². The molecule has 2 rings (SSSR count). The highest BCUT2D eigenvalue weighted by molar-refractivity contribution is 5.85. The topological polar surface area (TPSA) is 89.5 Å². The second-order valence-corrected chi connectivity index (χ2v) is 5.16. The summed E-state index contributed by atoms with van der Waals surface area (Å²) in [6.45, 7) is 2.60. The fourth-order valence-electron chi connectivity index (χ4n) is 2.54. The number of fused-ring (bicyclic) bond motifs is 1. The molecular formula is C14H20ClN3O3. The van der Waals surface area contributed by atoms with Gasteiger partial charge in [-0.05, 0) is 36.9 Å². The second-order valence-electron chi connectivity index (χ2n) is 5.16. The Morgan fingerprint density at radius 3 is 2.76 bits per heavy atom. The number of nitrogens with zero attached hydrogens (tertiary/aromatic N) is 2. The first kappa shape index (κ1) is 17.4. The smallest absolute Gasteiger partial charge is 0.269 e. The molecule has 21 heavy (non-hydrogen) atoms. The molecule has 0 saturated carbocycles. The van der Waals surface area contributed by atoms with E-state index in [1.807, 2.05) is 6.07 Å². The Balaban J connectivity index is 0.00000220. The van der Waals surface area contributed by atoms with Crippen LogP contribution in [0.15, 0.2) is 18.2 Å². The van der Waals surface area contributed by atoms with Crippen molar-refractivity contribution in [2.45, 2.75) is 32.2 Å². The first-order valence-corrected chi connectivity index (χ1v) is 6.83. The molecule has 1 aliphatic heterocycles. The average Bonchev–Trinajstić information content (AvgIpc) is 2.42.